The molecule has 0 saturated carbocycles. The molecule has 9 heteroatoms. The van der Waals surface area contributed by atoms with Crippen LogP contribution in [0, 0.1) is 5.41 Å². The number of nitrogens with zero attached hydrogens (tertiary/aromatic N) is 1. The first-order valence-electron chi connectivity index (χ1n) is 11.0. The predicted molar refractivity (Wildman–Crippen MR) is 138 cm³/mol. The zero-order chi connectivity index (χ0) is 22.7. The summed E-state index contributed by atoms with van der Waals surface area (Å²) in [4.78, 5) is 17.1. The van der Waals surface area contributed by atoms with Crippen LogP contribution >= 0.6 is 24.0 Å². The van der Waals surface area contributed by atoms with Crippen molar-refractivity contribution in [2.24, 2.45) is 10.4 Å². The fraction of sp³-hybridized carbons (Fsp3) is 0.652. The Labute approximate surface area is 209 Å². The molecule has 32 heavy (non-hydrogen) atoms. The molecule has 1 fully saturated rings. The molecule has 1 aliphatic heterocycles. The predicted octanol–water partition coefficient (Wildman–Crippen LogP) is 3.21. The van der Waals surface area contributed by atoms with E-state index in [4.69, 9.17) is 14.5 Å². The molecule has 0 radical (unpaired) electrons. The van der Waals surface area contributed by atoms with Crippen molar-refractivity contribution in [1.29, 1.82) is 0 Å². The molecule has 2 rings (SSSR count). The van der Waals surface area contributed by atoms with Crippen molar-refractivity contribution < 1.29 is 19.4 Å². The van der Waals surface area contributed by atoms with Gasteiger partial charge in [-0.2, -0.15) is 0 Å². The molecule has 2 atom stereocenters. The molecule has 0 aromatic heterocycles. The number of carbonyl (C=O) groups excluding carboxylic acids is 1. The largest absolute Gasteiger partial charge is 0.444 e. The molecule has 8 nitrogen and oxygen atoms in total. The molecule has 1 aromatic carbocycles. The van der Waals surface area contributed by atoms with E-state index in [0.29, 0.717) is 45.2 Å². The number of aliphatic hydroxyl groups excluding tert-OH is 1. The summed E-state index contributed by atoms with van der Waals surface area (Å²) >= 11 is 0. The lowest BCUT2D eigenvalue weighted by atomic mass is 9.84. The van der Waals surface area contributed by atoms with Gasteiger partial charge in [0.2, 0.25) is 0 Å². The van der Waals surface area contributed by atoms with Gasteiger partial charge in [-0.3, -0.25) is 4.99 Å². The van der Waals surface area contributed by atoms with Crippen molar-refractivity contribution in [3.05, 3.63) is 35.9 Å². The molecule has 1 aromatic rings. The number of hydrogen-bond acceptors (Lipinski definition) is 5. The van der Waals surface area contributed by atoms with E-state index in [0.717, 1.165) is 12.0 Å². The third-order valence-corrected chi connectivity index (χ3v) is 5.11. The quantitative estimate of drug-likeness (QED) is 0.210. The fourth-order valence-corrected chi connectivity index (χ4v) is 3.46. The van der Waals surface area contributed by atoms with Gasteiger partial charge < -0.3 is 30.5 Å². The van der Waals surface area contributed by atoms with Gasteiger partial charge in [0.15, 0.2) is 5.96 Å². The Hall–Kier alpha value is -1.59. The Morgan fingerprint density at radius 1 is 1.28 bits per heavy atom. The van der Waals surface area contributed by atoms with Gasteiger partial charge >= 0.3 is 6.09 Å². The molecule has 0 aliphatic carbocycles. The number of nitrogens with one attached hydrogen (secondary N) is 3. The number of aliphatic imine (C=N–C) groups is 1. The first kappa shape index (κ1) is 28.4. The third-order valence-electron chi connectivity index (χ3n) is 5.11. The molecule has 1 heterocycles. The Morgan fingerprint density at radius 2 is 2.00 bits per heavy atom. The second-order valence-corrected chi connectivity index (χ2v) is 8.96. The lowest BCUT2D eigenvalue weighted by Gasteiger charge is -2.26. The van der Waals surface area contributed by atoms with Crippen LogP contribution in [0.3, 0.4) is 0 Å². The molecule has 0 bridgehead atoms. The maximum Gasteiger partial charge on any atom is 0.408 e. The maximum absolute atomic E-state index is 12.4. The van der Waals surface area contributed by atoms with E-state index in [9.17, 15) is 9.90 Å². The average Bonchev–Trinajstić information content (AvgIpc) is 3.17. The maximum atomic E-state index is 12.4. The van der Waals surface area contributed by atoms with E-state index in [2.05, 4.69) is 16.0 Å². The molecule has 1 amide bonds. The van der Waals surface area contributed by atoms with Crippen molar-refractivity contribution in [3.63, 3.8) is 0 Å². The summed E-state index contributed by atoms with van der Waals surface area (Å²) in [6.45, 7) is 10.7. The molecule has 1 aliphatic rings. The highest BCUT2D eigenvalue weighted by atomic mass is 127. The van der Waals surface area contributed by atoms with Crippen LogP contribution < -0.4 is 16.0 Å². The SMILES string of the molecule is CCNC(=NCC1(CCO)CCOC1)NCC(NC(=O)OC(C)(C)C)c1ccccc1.I. The monoisotopic (exact) mass is 562 g/mol. The van der Waals surface area contributed by atoms with Crippen LogP contribution in [0.5, 0.6) is 0 Å². The number of hydrogen-bond donors (Lipinski definition) is 4. The van der Waals surface area contributed by atoms with E-state index < -0.39 is 11.7 Å². The second kappa shape index (κ2) is 13.8. The lowest BCUT2D eigenvalue weighted by Crippen LogP contribution is -2.44. The molecule has 1 saturated heterocycles. The number of aliphatic hydroxyl groups is 1. The Kier molecular flexibility index (Phi) is 12.3. The first-order valence-corrected chi connectivity index (χ1v) is 11.0. The molecular weight excluding hydrogens is 523 g/mol. The highest BCUT2D eigenvalue weighted by Crippen LogP contribution is 2.32. The number of ether oxygens (including phenoxy) is 2. The van der Waals surface area contributed by atoms with Crippen LogP contribution in [-0.2, 0) is 9.47 Å². The summed E-state index contributed by atoms with van der Waals surface area (Å²) in [5.74, 6) is 0.665. The minimum Gasteiger partial charge on any atom is -0.444 e. The van der Waals surface area contributed by atoms with Crippen LogP contribution in [0.15, 0.2) is 35.3 Å². The van der Waals surface area contributed by atoms with Gasteiger partial charge in [0.1, 0.15) is 5.60 Å². The van der Waals surface area contributed by atoms with Crippen LogP contribution in [0.2, 0.25) is 0 Å². The number of guanidine groups is 1. The third kappa shape index (κ3) is 9.91. The van der Waals surface area contributed by atoms with E-state index in [1.54, 1.807) is 0 Å². The number of rotatable bonds is 9. The van der Waals surface area contributed by atoms with Gasteiger partial charge in [0.25, 0.3) is 0 Å². The first-order chi connectivity index (χ1) is 14.8. The van der Waals surface area contributed by atoms with Gasteiger partial charge in [-0.15, -0.1) is 24.0 Å². The Bertz CT molecular complexity index is 704. The van der Waals surface area contributed by atoms with Gasteiger partial charge in [0, 0.05) is 31.7 Å². The topological polar surface area (TPSA) is 104 Å². The Morgan fingerprint density at radius 3 is 2.56 bits per heavy atom. The lowest BCUT2D eigenvalue weighted by molar-refractivity contribution is 0.0504. The van der Waals surface area contributed by atoms with E-state index in [-0.39, 0.29) is 42.0 Å². The van der Waals surface area contributed by atoms with Crippen LogP contribution in [0.1, 0.15) is 52.1 Å². The summed E-state index contributed by atoms with van der Waals surface area (Å²) in [5, 5.41) is 19.0. The van der Waals surface area contributed by atoms with Crippen molar-refractivity contribution >= 4 is 36.0 Å². The highest BCUT2D eigenvalue weighted by Gasteiger charge is 2.34. The molecule has 4 N–H and O–H groups in total. The van der Waals surface area contributed by atoms with E-state index in [1.165, 1.54) is 0 Å². The summed E-state index contributed by atoms with van der Waals surface area (Å²) in [5.41, 5.74) is 0.280. The number of carbonyl (C=O) groups is 1. The highest BCUT2D eigenvalue weighted by molar-refractivity contribution is 14.0. The summed E-state index contributed by atoms with van der Waals surface area (Å²) in [6.07, 6.45) is 1.10. The number of alkyl carbamates (subject to hydrolysis) is 1. The van der Waals surface area contributed by atoms with Gasteiger partial charge in [0.05, 0.1) is 19.2 Å². The molecule has 2 unspecified atom stereocenters. The average molecular weight is 562 g/mol. The smallest absolute Gasteiger partial charge is 0.408 e. The van der Waals surface area contributed by atoms with E-state index >= 15 is 0 Å². The zero-order valence-electron chi connectivity index (χ0n) is 19.6. The molecular formula is C23H39IN4O4. The van der Waals surface area contributed by atoms with Gasteiger partial charge in [-0.1, -0.05) is 30.3 Å². The second-order valence-electron chi connectivity index (χ2n) is 8.96. The van der Waals surface area contributed by atoms with Crippen LogP contribution in [-0.4, -0.2) is 62.2 Å². The van der Waals surface area contributed by atoms with Crippen LogP contribution in [0.4, 0.5) is 4.79 Å². The summed E-state index contributed by atoms with van der Waals surface area (Å²) in [7, 11) is 0. The zero-order valence-corrected chi connectivity index (χ0v) is 22.0. The van der Waals surface area contributed by atoms with Gasteiger partial charge in [-0.25, -0.2) is 4.79 Å². The van der Waals surface area contributed by atoms with Crippen molar-refractivity contribution in [2.75, 3.05) is 39.5 Å². The minimum atomic E-state index is -0.570. The van der Waals surface area contributed by atoms with Gasteiger partial charge in [-0.05, 0) is 46.1 Å². The number of halogens is 1. The van der Waals surface area contributed by atoms with E-state index in [1.807, 2.05) is 58.0 Å². The fourth-order valence-electron chi connectivity index (χ4n) is 3.46. The summed E-state index contributed by atoms with van der Waals surface area (Å²) < 4.78 is 11.0. The van der Waals surface area contributed by atoms with Crippen molar-refractivity contribution in [2.45, 2.75) is 52.2 Å². The number of benzene rings is 1. The summed E-state index contributed by atoms with van der Waals surface area (Å²) in [6, 6.07) is 9.48. The Balaban J connectivity index is 0.00000512. The minimum absolute atomic E-state index is 0. The van der Waals surface area contributed by atoms with Crippen LogP contribution in [0.25, 0.3) is 0 Å². The molecule has 0 spiro atoms. The normalized spacial score (nSPS) is 19.6. The van der Waals surface area contributed by atoms with Crippen molar-refractivity contribution in [3.8, 4) is 0 Å². The molecule has 182 valence electrons. The van der Waals surface area contributed by atoms with Crippen molar-refractivity contribution in [1.82, 2.24) is 16.0 Å². The standard InChI is InChI=1S/C23H38N4O4.HI/c1-5-24-20(26-16-23(11-13-28)12-14-30-17-23)25-15-19(18-9-7-6-8-10-18)27-21(29)31-22(2,3)4;/h6-10,19,28H,5,11-17H2,1-4H3,(H,27,29)(H2,24,25,26);1H. The number of amides is 1.